The number of aliphatic imine (C=N–C) groups is 1. The number of hydrogen-bond acceptors (Lipinski definition) is 3. The molecule has 88 valence electrons. The molecular weight excluding hydrogens is 208 g/mol. The lowest BCUT2D eigenvalue weighted by atomic mass is 10.4. The third kappa shape index (κ3) is 3.19. The minimum Gasteiger partial charge on any atom is -0.397 e. The number of nitrogens with zero attached hydrogens (tertiary/aromatic N) is 2. The van der Waals surface area contributed by atoms with E-state index in [9.17, 15) is 4.79 Å². The van der Waals surface area contributed by atoms with Gasteiger partial charge in [-0.2, -0.15) is 0 Å². The molecule has 0 bridgehead atoms. The number of amides is 1. The van der Waals surface area contributed by atoms with Crippen LogP contribution in [0.1, 0.15) is 10.5 Å². The van der Waals surface area contributed by atoms with Crippen LogP contribution in [0, 0.1) is 0 Å². The number of nitrogen functional groups attached to an aromatic ring is 1. The standard InChI is InChI=1S/C9H16N6O/c1-15-5-6(10)4-7(15)8(16)13-2-3-14-9(11)12/h4-5H,2-3,10H2,1H3,(H,13,16)(H4,11,12,14). The molecule has 1 amide bonds. The van der Waals surface area contributed by atoms with Crippen LogP contribution in [0.15, 0.2) is 17.3 Å². The van der Waals surface area contributed by atoms with Crippen molar-refractivity contribution in [3.8, 4) is 0 Å². The minimum absolute atomic E-state index is 0.0114. The molecule has 0 aliphatic carbocycles. The molecule has 0 aliphatic rings. The van der Waals surface area contributed by atoms with Crippen LogP contribution in [0.4, 0.5) is 5.69 Å². The van der Waals surface area contributed by atoms with Crippen LogP contribution >= 0.6 is 0 Å². The molecule has 1 rings (SSSR count). The summed E-state index contributed by atoms with van der Waals surface area (Å²) in [4.78, 5) is 15.4. The Balaban J connectivity index is 2.47. The maximum Gasteiger partial charge on any atom is 0.268 e. The van der Waals surface area contributed by atoms with Gasteiger partial charge >= 0.3 is 0 Å². The summed E-state index contributed by atoms with van der Waals surface area (Å²) in [6.07, 6.45) is 1.67. The Hall–Kier alpha value is -2.18. The average Bonchev–Trinajstić information content (AvgIpc) is 2.52. The van der Waals surface area contributed by atoms with Crippen LogP contribution < -0.4 is 22.5 Å². The molecule has 0 aromatic carbocycles. The van der Waals surface area contributed by atoms with Crippen molar-refractivity contribution in [2.45, 2.75) is 0 Å². The van der Waals surface area contributed by atoms with Crippen molar-refractivity contribution in [2.24, 2.45) is 23.5 Å². The van der Waals surface area contributed by atoms with Gasteiger partial charge in [-0.15, -0.1) is 0 Å². The van der Waals surface area contributed by atoms with Crippen LogP contribution in [-0.2, 0) is 7.05 Å². The number of anilines is 1. The molecule has 0 radical (unpaired) electrons. The van der Waals surface area contributed by atoms with E-state index in [1.807, 2.05) is 0 Å². The summed E-state index contributed by atoms with van der Waals surface area (Å²) in [6.45, 7) is 0.732. The molecule has 7 heteroatoms. The zero-order valence-corrected chi connectivity index (χ0v) is 9.10. The highest BCUT2D eigenvalue weighted by atomic mass is 16.1. The first kappa shape index (κ1) is 11.9. The molecule has 1 aromatic rings. The van der Waals surface area contributed by atoms with E-state index in [1.54, 1.807) is 23.9 Å². The number of aryl methyl sites for hydroxylation is 1. The molecule has 16 heavy (non-hydrogen) atoms. The van der Waals surface area contributed by atoms with Gasteiger partial charge in [-0.1, -0.05) is 0 Å². The van der Waals surface area contributed by atoms with E-state index < -0.39 is 0 Å². The summed E-state index contributed by atoms with van der Waals surface area (Å²) in [5.41, 5.74) is 16.9. The molecule has 0 spiro atoms. The lowest BCUT2D eigenvalue weighted by molar-refractivity contribution is 0.0946. The van der Waals surface area contributed by atoms with E-state index in [2.05, 4.69) is 10.3 Å². The van der Waals surface area contributed by atoms with Crippen LogP contribution in [0.25, 0.3) is 0 Å². The normalized spacial score (nSPS) is 9.81. The second-order valence-corrected chi connectivity index (χ2v) is 3.33. The maximum absolute atomic E-state index is 11.6. The molecule has 0 fully saturated rings. The lowest BCUT2D eigenvalue weighted by Gasteiger charge is -2.04. The van der Waals surface area contributed by atoms with Gasteiger partial charge in [-0.3, -0.25) is 9.79 Å². The molecule has 1 heterocycles. The first-order valence-electron chi connectivity index (χ1n) is 4.76. The van der Waals surface area contributed by atoms with Gasteiger partial charge in [-0.05, 0) is 6.07 Å². The monoisotopic (exact) mass is 224 g/mol. The number of guanidine groups is 1. The second kappa shape index (κ2) is 5.06. The number of carbonyl (C=O) groups excluding carboxylic acids is 1. The first-order chi connectivity index (χ1) is 7.50. The van der Waals surface area contributed by atoms with Gasteiger partial charge in [0.05, 0.1) is 12.2 Å². The number of nitrogens with two attached hydrogens (primary N) is 3. The molecule has 0 saturated carbocycles. The van der Waals surface area contributed by atoms with Gasteiger partial charge in [0, 0.05) is 19.8 Å². The first-order valence-corrected chi connectivity index (χ1v) is 4.76. The Labute approximate surface area is 93.3 Å². The van der Waals surface area contributed by atoms with Crippen molar-refractivity contribution in [2.75, 3.05) is 18.8 Å². The minimum atomic E-state index is -0.204. The molecule has 0 aliphatic heterocycles. The Kier molecular flexibility index (Phi) is 3.76. The molecule has 1 aromatic heterocycles. The fourth-order valence-electron chi connectivity index (χ4n) is 1.26. The van der Waals surface area contributed by atoms with Gasteiger partial charge in [0.1, 0.15) is 5.69 Å². The summed E-state index contributed by atoms with van der Waals surface area (Å²) < 4.78 is 1.66. The summed E-state index contributed by atoms with van der Waals surface area (Å²) in [5, 5.41) is 2.67. The zero-order chi connectivity index (χ0) is 12.1. The van der Waals surface area contributed by atoms with E-state index in [0.29, 0.717) is 24.5 Å². The summed E-state index contributed by atoms with van der Waals surface area (Å²) in [6, 6.07) is 1.61. The van der Waals surface area contributed by atoms with Crippen molar-refractivity contribution in [1.29, 1.82) is 0 Å². The Morgan fingerprint density at radius 3 is 2.75 bits per heavy atom. The Morgan fingerprint density at radius 2 is 2.25 bits per heavy atom. The smallest absolute Gasteiger partial charge is 0.268 e. The number of rotatable bonds is 4. The van der Waals surface area contributed by atoms with Crippen molar-refractivity contribution in [3.63, 3.8) is 0 Å². The van der Waals surface area contributed by atoms with E-state index in [1.165, 1.54) is 0 Å². The van der Waals surface area contributed by atoms with E-state index in [0.717, 1.165) is 0 Å². The summed E-state index contributed by atoms with van der Waals surface area (Å²) >= 11 is 0. The molecule has 0 saturated heterocycles. The average molecular weight is 224 g/mol. The second-order valence-electron chi connectivity index (χ2n) is 3.33. The lowest BCUT2D eigenvalue weighted by Crippen LogP contribution is -2.29. The predicted molar refractivity (Wildman–Crippen MR) is 62.8 cm³/mol. The maximum atomic E-state index is 11.6. The molecule has 7 nitrogen and oxygen atoms in total. The molecule has 7 N–H and O–H groups in total. The van der Waals surface area contributed by atoms with Crippen LogP contribution in [-0.4, -0.2) is 29.5 Å². The van der Waals surface area contributed by atoms with Gasteiger partial charge in [0.15, 0.2) is 5.96 Å². The van der Waals surface area contributed by atoms with Crippen LogP contribution in [0.2, 0.25) is 0 Å². The predicted octanol–water partition coefficient (Wildman–Crippen LogP) is -1.39. The topological polar surface area (TPSA) is 124 Å². The van der Waals surface area contributed by atoms with Gasteiger partial charge < -0.3 is 27.1 Å². The Morgan fingerprint density at radius 1 is 1.56 bits per heavy atom. The third-order valence-electron chi connectivity index (χ3n) is 1.95. The highest BCUT2D eigenvalue weighted by molar-refractivity contribution is 5.93. The summed E-state index contributed by atoms with van der Waals surface area (Å²) in [7, 11) is 1.75. The number of hydrogen-bond donors (Lipinski definition) is 4. The van der Waals surface area contributed by atoms with Gasteiger partial charge in [-0.25, -0.2) is 0 Å². The highest BCUT2D eigenvalue weighted by Gasteiger charge is 2.09. The number of nitrogens with one attached hydrogen (secondary N) is 1. The van der Waals surface area contributed by atoms with Gasteiger partial charge in [0.2, 0.25) is 0 Å². The van der Waals surface area contributed by atoms with Crippen molar-refractivity contribution < 1.29 is 4.79 Å². The van der Waals surface area contributed by atoms with Crippen molar-refractivity contribution in [3.05, 3.63) is 18.0 Å². The fraction of sp³-hybridized carbons (Fsp3) is 0.333. The largest absolute Gasteiger partial charge is 0.397 e. The molecule has 0 unspecified atom stereocenters. The van der Waals surface area contributed by atoms with Gasteiger partial charge in [0.25, 0.3) is 5.91 Å². The SMILES string of the molecule is Cn1cc(N)cc1C(=O)NCCN=C(N)N. The zero-order valence-electron chi connectivity index (χ0n) is 9.10. The van der Waals surface area contributed by atoms with Crippen LogP contribution in [0.3, 0.4) is 0 Å². The molecule has 0 atom stereocenters. The Bertz CT molecular complexity index is 404. The van der Waals surface area contributed by atoms with Crippen LogP contribution in [0.5, 0.6) is 0 Å². The van der Waals surface area contributed by atoms with Crippen molar-refractivity contribution >= 4 is 17.6 Å². The van der Waals surface area contributed by atoms with E-state index >= 15 is 0 Å². The number of aromatic nitrogens is 1. The van der Waals surface area contributed by atoms with Crippen molar-refractivity contribution in [1.82, 2.24) is 9.88 Å². The fourth-order valence-corrected chi connectivity index (χ4v) is 1.26. The molecular formula is C9H16N6O. The third-order valence-corrected chi connectivity index (χ3v) is 1.95. The van der Waals surface area contributed by atoms with E-state index in [-0.39, 0.29) is 11.9 Å². The number of carbonyl (C=O) groups is 1. The highest BCUT2D eigenvalue weighted by Crippen LogP contribution is 2.07. The summed E-state index contributed by atoms with van der Waals surface area (Å²) in [5.74, 6) is -0.192. The van der Waals surface area contributed by atoms with E-state index in [4.69, 9.17) is 17.2 Å². The quantitative estimate of drug-likeness (QED) is 0.285.